The predicted octanol–water partition coefficient (Wildman–Crippen LogP) is 0.0863. The fourth-order valence-corrected chi connectivity index (χ4v) is 1.39. The van der Waals surface area contributed by atoms with Crippen molar-refractivity contribution in [1.29, 1.82) is 0 Å². The summed E-state index contributed by atoms with van der Waals surface area (Å²) in [7, 11) is 1.98. The highest BCUT2D eigenvalue weighted by Gasteiger charge is 2.09. The summed E-state index contributed by atoms with van der Waals surface area (Å²) in [5, 5.41) is 13.9. The van der Waals surface area contributed by atoms with E-state index in [0.717, 1.165) is 12.1 Å². The molecule has 5 nitrogen and oxygen atoms in total. The second kappa shape index (κ2) is 5.14. The Kier molecular flexibility index (Phi) is 4.11. The smallest absolute Gasteiger partial charge is 0.148 e. The number of aryl methyl sites for hydroxylation is 1. The minimum absolute atomic E-state index is 0.409. The fraction of sp³-hybridized carbons (Fsp3) is 0.700. The number of likely N-dealkylation sites (N-methyl/N-ethyl adjacent to an activating group) is 1. The molecule has 0 amide bonds. The molecule has 0 saturated carbocycles. The average molecular weight is 212 g/mol. The van der Waals surface area contributed by atoms with Crippen molar-refractivity contribution in [3.63, 3.8) is 0 Å². The van der Waals surface area contributed by atoms with Crippen molar-refractivity contribution in [3.05, 3.63) is 11.8 Å². The van der Waals surface area contributed by atoms with Crippen LogP contribution >= 0.6 is 0 Å². The van der Waals surface area contributed by atoms with Gasteiger partial charge >= 0.3 is 0 Å². The lowest BCUT2D eigenvalue weighted by Gasteiger charge is -2.18. The highest BCUT2D eigenvalue weighted by atomic mass is 16.3. The van der Waals surface area contributed by atoms with Crippen molar-refractivity contribution in [2.75, 3.05) is 25.9 Å². The van der Waals surface area contributed by atoms with E-state index in [1.54, 1.807) is 4.68 Å². The van der Waals surface area contributed by atoms with Crippen LogP contribution in [-0.2, 0) is 6.54 Å². The summed E-state index contributed by atoms with van der Waals surface area (Å²) in [5.41, 5.74) is 6.57. The van der Waals surface area contributed by atoms with Gasteiger partial charge in [0, 0.05) is 18.3 Å². The molecular formula is C10H20N4O. The van der Waals surface area contributed by atoms with Crippen molar-refractivity contribution in [3.8, 4) is 0 Å². The van der Waals surface area contributed by atoms with Crippen LogP contribution in [0.3, 0.4) is 0 Å². The molecule has 0 radical (unpaired) electrons. The first-order valence-corrected chi connectivity index (χ1v) is 5.19. The van der Waals surface area contributed by atoms with Gasteiger partial charge in [-0.15, -0.1) is 0 Å². The summed E-state index contributed by atoms with van der Waals surface area (Å²) >= 11 is 0. The molecule has 5 heteroatoms. The number of nitrogen functional groups attached to an aromatic ring is 1. The van der Waals surface area contributed by atoms with Gasteiger partial charge in [-0.3, -0.25) is 4.68 Å². The number of aliphatic hydroxyl groups is 1. The molecule has 0 fully saturated rings. The molecule has 1 aromatic rings. The van der Waals surface area contributed by atoms with E-state index in [2.05, 4.69) is 16.9 Å². The molecule has 0 aliphatic heterocycles. The molecule has 1 atom stereocenters. The number of hydrogen-bond acceptors (Lipinski definition) is 4. The summed E-state index contributed by atoms with van der Waals surface area (Å²) < 4.78 is 1.69. The Balaban J connectivity index is 2.47. The Bertz CT molecular complexity index is 291. The van der Waals surface area contributed by atoms with Gasteiger partial charge in [-0.2, -0.15) is 5.10 Å². The molecule has 0 aliphatic rings. The largest absolute Gasteiger partial charge is 0.390 e. The first-order valence-electron chi connectivity index (χ1n) is 5.19. The average Bonchev–Trinajstić information content (AvgIpc) is 2.45. The van der Waals surface area contributed by atoms with E-state index in [9.17, 15) is 5.11 Å². The van der Waals surface area contributed by atoms with E-state index in [1.807, 2.05) is 20.2 Å². The maximum absolute atomic E-state index is 9.76. The maximum Gasteiger partial charge on any atom is 0.148 e. The number of aromatic nitrogens is 2. The number of aliphatic hydroxyl groups excluding tert-OH is 1. The van der Waals surface area contributed by atoms with Crippen LogP contribution < -0.4 is 5.73 Å². The van der Waals surface area contributed by atoms with Gasteiger partial charge in [-0.05, 0) is 20.5 Å². The second-order valence-electron chi connectivity index (χ2n) is 3.93. The molecule has 0 aromatic carbocycles. The standard InChI is InChI=1S/C10H20N4O/c1-4-13(3)6-9(15)7-14-5-8(2)10(11)12-14/h5,9,15H,4,6-7H2,1-3H3,(H2,11,12). The summed E-state index contributed by atoms with van der Waals surface area (Å²) in [5.74, 6) is 0.533. The van der Waals surface area contributed by atoms with E-state index >= 15 is 0 Å². The van der Waals surface area contributed by atoms with Gasteiger partial charge in [-0.1, -0.05) is 6.92 Å². The molecule has 3 N–H and O–H groups in total. The van der Waals surface area contributed by atoms with Crippen molar-refractivity contribution >= 4 is 5.82 Å². The van der Waals surface area contributed by atoms with Crippen LogP contribution in [0, 0.1) is 6.92 Å². The monoisotopic (exact) mass is 212 g/mol. The second-order valence-corrected chi connectivity index (χ2v) is 3.93. The third-order valence-corrected chi connectivity index (χ3v) is 2.44. The SMILES string of the molecule is CCN(C)CC(O)Cn1cc(C)c(N)n1. The van der Waals surface area contributed by atoms with Crippen molar-refractivity contribution in [2.45, 2.75) is 26.5 Å². The molecule has 0 saturated heterocycles. The zero-order chi connectivity index (χ0) is 11.4. The van der Waals surface area contributed by atoms with Crippen molar-refractivity contribution in [1.82, 2.24) is 14.7 Å². The highest BCUT2D eigenvalue weighted by Crippen LogP contribution is 2.06. The van der Waals surface area contributed by atoms with E-state index in [-0.39, 0.29) is 0 Å². The third-order valence-electron chi connectivity index (χ3n) is 2.44. The van der Waals surface area contributed by atoms with Crippen LogP contribution in [0.2, 0.25) is 0 Å². The normalized spacial score (nSPS) is 13.4. The zero-order valence-electron chi connectivity index (χ0n) is 9.64. The quantitative estimate of drug-likeness (QED) is 0.725. The first kappa shape index (κ1) is 12.0. The topological polar surface area (TPSA) is 67.3 Å². The Labute approximate surface area is 90.5 Å². The van der Waals surface area contributed by atoms with Crippen LogP contribution in [0.5, 0.6) is 0 Å². The third kappa shape index (κ3) is 3.53. The minimum atomic E-state index is -0.409. The number of nitrogens with zero attached hydrogens (tertiary/aromatic N) is 3. The van der Waals surface area contributed by atoms with Gasteiger partial charge < -0.3 is 15.7 Å². The van der Waals surface area contributed by atoms with Gasteiger partial charge in [0.1, 0.15) is 5.82 Å². The first-order chi connectivity index (χ1) is 7.02. The van der Waals surface area contributed by atoms with Gasteiger partial charge in [0.15, 0.2) is 0 Å². The fourth-order valence-electron chi connectivity index (χ4n) is 1.39. The van der Waals surface area contributed by atoms with E-state index < -0.39 is 6.10 Å². The summed E-state index contributed by atoms with van der Waals surface area (Å²) in [6.07, 6.45) is 1.44. The van der Waals surface area contributed by atoms with Crippen molar-refractivity contribution in [2.24, 2.45) is 0 Å². The maximum atomic E-state index is 9.76. The molecule has 1 unspecified atom stereocenters. The van der Waals surface area contributed by atoms with E-state index in [1.165, 1.54) is 0 Å². The predicted molar refractivity (Wildman–Crippen MR) is 60.6 cm³/mol. The lowest BCUT2D eigenvalue weighted by atomic mass is 10.3. The molecule has 1 rings (SSSR count). The molecular weight excluding hydrogens is 192 g/mol. The summed E-state index contributed by atoms with van der Waals surface area (Å²) in [6.45, 7) is 6.03. The van der Waals surface area contributed by atoms with Crippen LogP contribution in [-0.4, -0.2) is 46.0 Å². The minimum Gasteiger partial charge on any atom is -0.390 e. The van der Waals surface area contributed by atoms with E-state index in [4.69, 9.17) is 5.73 Å². The number of rotatable bonds is 5. The van der Waals surface area contributed by atoms with Crippen LogP contribution in [0.15, 0.2) is 6.20 Å². The van der Waals surface area contributed by atoms with Gasteiger partial charge in [0.05, 0.1) is 12.6 Å². The van der Waals surface area contributed by atoms with Gasteiger partial charge in [0.25, 0.3) is 0 Å². The Morgan fingerprint density at radius 1 is 1.67 bits per heavy atom. The Morgan fingerprint density at radius 2 is 2.33 bits per heavy atom. The number of nitrogens with two attached hydrogens (primary N) is 1. The van der Waals surface area contributed by atoms with Gasteiger partial charge in [0.2, 0.25) is 0 Å². The van der Waals surface area contributed by atoms with Crippen LogP contribution in [0.25, 0.3) is 0 Å². The molecule has 15 heavy (non-hydrogen) atoms. The van der Waals surface area contributed by atoms with Gasteiger partial charge in [-0.25, -0.2) is 0 Å². The molecule has 0 bridgehead atoms. The Morgan fingerprint density at radius 3 is 2.80 bits per heavy atom. The highest BCUT2D eigenvalue weighted by molar-refractivity contribution is 5.35. The zero-order valence-corrected chi connectivity index (χ0v) is 9.64. The molecule has 0 spiro atoms. The lowest BCUT2D eigenvalue weighted by molar-refractivity contribution is 0.108. The molecule has 1 heterocycles. The molecule has 86 valence electrons. The molecule has 0 aliphatic carbocycles. The van der Waals surface area contributed by atoms with E-state index in [0.29, 0.717) is 18.9 Å². The van der Waals surface area contributed by atoms with Crippen LogP contribution in [0.4, 0.5) is 5.82 Å². The number of anilines is 1. The number of hydrogen-bond donors (Lipinski definition) is 2. The van der Waals surface area contributed by atoms with Crippen molar-refractivity contribution < 1.29 is 5.11 Å². The Hall–Kier alpha value is -1.07. The molecule has 1 aromatic heterocycles. The lowest BCUT2D eigenvalue weighted by Crippen LogP contribution is -2.32. The van der Waals surface area contributed by atoms with Crippen LogP contribution in [0.1, 0.15) is 12.5 Å². The summed E-state index contributed by atoms with van der Waals surface area (Å²) in [4.78, 5) is 2.06. The summed E-state index contributed by atoms with van der Waals surface area (Å²) in [6, 6.07) is 0.